The number of para-hydroxylation sites is 3. The number of aromatic nitrogens is 18. The van der Waals surface area contributed by atoms with Gasteiger partial charge in [0.15, 0.2) is 0 Å². The Kier molecular flexibility index (Phi) is 32.3. The van der Waals surface area contributed by atoms with Crippen molar-refractivity contribution in [2.45, 2.75) is 208 Å². The topological polar surface area (TPSA) is 184 Å². The first-order chi connectivity index (χ1) is 70.2. The Morgan fingerprint density at radius 2 is 0.463 bits per heavy atom. The third-order valence-corrected chi connectivity index (χ3v) is 27.4. The van der Waals surface area contributed by atoms with Crippen molar-refractivity contribution in [3.05, 3.63) is 460 Å². The molecule has 0 unspecified atom stereocenters. The summed E-state index contributed by atoms with van der Waals surface area (Å²) < 4.78 is 12.0. The quantitative estimate of drug-likeness (QED) is 0.0375. The van der Waals surface area contributed by atoms with Gasteiger partial charge in [-0.3, -0.25) is 58.0 Å². The molecule has 0 bridgehead atoms. The molecule has 0 saturated heterocycles. The van der Waals surface area contributed by atoms with Crippen LogP contribution in [0.15, 0.2) is 255 Å². The van der Waals surface area contributed by atoms with Gasteiger partial charge in [0.05, 0.1) is 69.1 Å². The smallest absolute Gasteiger partial charge is 0.262 e. The Balaban J connectivity index is 0.000000199. The first kappa shape index (κ1) is 104. The summed E-state index contributed by atoms with van der Waals surface area (Å²) in [6.07, 6.45) is 10.8. The molecule has 18 nitrogen and oxygen atoms in total. The van der Waals surface area contributed by atoms with Crippen LogP contribution in [0.5, 0.6) is 0 Å². The summed E-state index contributed by atoms with van der Waals surface area (Å²) in [5.41, 5.74) is 41.2. The Bertz CT molecular complexity index is 7570. The molecule has 0 saturated carbocycles. The molecular formula is C127H122Ir2N18. The second kappa shape index (κ2) is 45.9. The largest absolute Gasteiger partial charge is 3.00 e. The summed E-state index contributed by atoms with van der Waals surface area (Å²) >= 11 is 0. The Hall–Kier alpha value is -14.8. The van der Waals surface area contributed by atoms with Gasteiger partial charge in [-0.1, -0.05) is 163 Å². The van der Waals surface area contributed by atoms with E-state index in [1.165, 1.54) is 100 Å². The molecule has 0 aliphatic heterocycles. The fourth-order valence-electron chi connectivity index (χ4n) is 20.8. The second-order valence-corrected chi connectivity index (χ2v) is 39.2. The van der Waals surface area contributed by atoms with E-state index in [1.807, 2.05) is 103 Å². The van der Waals surface area contributed by atoms with E-state index in [0.717, 1.165) is 241 Å². The third kappa shape index (κ3) is 23.5. The van der Waals surface area contributed by atoms with Crippen LogP contribution in [0.25, 0.3) is 102 Å². The van der Waals surface area contributed by atoms with Crippen molar-refractivity contribution in [3.8, 4) is 102 Å². The molecule has 0 amide bonds. The maximum atomic E-state index is 5.21. The summed E-state index contributed by atoms with van der Waals surface area (Å²) in [6.45, 7) is 37.9. The van der Waals surface area contributed by atoms with Gasteiger partial charge in [-0.25, -0.2) is 0 Å². The van der Waals surface area contributed by atoms with Crippen molar-refractivity contribution in [3.63, 3.8) is 0 Å². The van der Waals surface area contributed by atoms with E-state index in [2.05, 4.69) is 340 Å². The molecule has 0 N–H and O–H groups in total. The number of benzene rings is 14. The Labute approximate surface area is 892 Å². The van der Waals surface area contributed by atoms with Crippen molar-refractivity contribution in [1.29, 1.82) is 0 Å². The van der Waals surface area contributed by atoms with E-state index >= 15 is 0 Å². The summed E-state index contributed by atoms with van der Waals surface area (Å²) in [4.78, 5) is 30.1. The fraction of sp³-hybridized carbons (Fsp3) is 0.244. The predicted octanol–water partition coefficient (Wildman–Crippen LogP) is 26.3. The van der Waals surface area contributed by atoms with Gasteiger partial charge in [-0.2, -0.15) is 30.6 Å². The van der Waals surface area contributed by atoms with Gasteiger partial charge in [-0.15, -0.1) is 214 Å². The minimum absolute atomic E-state index is 0. The minimum atomic E-state index is 0. The van der Waals surface area contributed by atoms with Gasteiger partial charge >= 0.3 is 40.2 Å². The van der Waals surface area contributed by atoms with Gasteiger partial charge in [0.1, 0.15) is 34.9 Å². The van der Waals surface area contributed by atoms with Crippen molar-refractivity contribution in [2.24, 2.45) is 0 Å². The molecule has 20 rings (SSSR count). The van der Waals surface area contributed by atoms with Crippen molar-refractivity contribution >= 4 is 0 Å². The van der Waals surface area contributed by atoms with Crippen LogP contribution in [0.4, 0.5) is 0 Å². The maximum absolute atomic E-state index is 5.21. The van der Waals surface area contributed by atoms with Crippen molar-refractivity contribution in [1.82, 2.24) is 88.6 Å². The van der Waals surface area contributed by atoms with Crippen LogP contribution < -0.4 is 0 Å². The standard InChI is InChI=1S/C66H66N9.C61H56N9.2Ir/c1-40-31-43(4)61(44(5)32-40)73-64(67-49(10)70-73)58-25-19-52(20-26-58)13-16-55-37-56(17-14-53-21-27-59(28-22-53)65-68-50(11)71-74(65)62-45(6)33-41(2)34-46(62)7)39-57(38-55)18-15-54-23-29-60(30-24-54)66-69-51(12)72-75(66)63-47(8)35-42(3)36-48(63)9;1-41-20-16-21-42(2)56(41)68-59(49-26-10-7-11-27-49)62-53(65-68)33-19-32-48-36-34-47(35-38-54-63-60(50-28-12-8-13-29-50)69(66-54)57-43(3)22-17-23-44(57)4)40-52(48)37-39-55-64-61(51-30-14-9-15-31-51)70(67-55)58-45(5)24-18-25-46(58)6;;/h19-25,27,29,31-39H,13-18H2,1-12H3;7-18,20-26,28,30,34,36,40H,19,32-33,35,37-39H2,1-6H3;;/q2*-3;2*+3. The average Bonchev–Trinajstić information content (AvgIpc) is 1.66. The monoisotopic (exact) mass is 2280 g/mol. The van der Waals surface area contributed by atoms with Crippen LogP contribution in [0.2, 0.25) is 0 Å². The summed E-state index contributed by atoms with van der Waals surface area (Å²) in [5, 5.41) is 30.0. The molecule has 20 aromatic rings. The molecule has 738 valence electrons. The molecule has 0 spiro atoms. The normalized spacial score (nSPS) is 11.3. The number of nitrogens with zero attached hydrogens (tertiary/aromatic N) is 18. The molecule has 20 heteroatoms. The van der Waals surface area contributed by atoms with E-state index in [-0.39, 0.29) is 40.2 Å². The van der Waals surface area contributed by atoms with E-state index < -0.39 is 0 Å². The molecule has 0 aliphatic carbocycles. The molecule has 6 heterocycles. The fourth-order valence-corrected chi connectivity index (χ4v) is 20.8. The first-order valence-corrected chi connectivity index (χ1v) is 50.5. The summed E-state index contributed by atoms with van der Waals surface area (Å²) in [5.74, 6) is 9.45. The van der Waals surface area contributed by atoms with Crippen molar-refractivity contribution in [2.75, 3.05) is 0 Å². The van der Waals surface area contributed by atoms with Crippen LogP contribution in [0.1, 0.15) is 175 Å². The molecule has 0 aliphatic rings. The Morgan fingerprint density at radius 3 is 0.762 bits per heavy atom. The minimum Gasteiger partial charge on any atom is -0.262 e. The van der Waals surface area contributed by atoms with E-state index in [1.54, 1.807) is 0 Å². The summed E-state index contributed by atoms with van der Waals surface area (Å²) in [7, 11) is 0. The van der Waals surface area contributed by atoms with Gasteiger partial charge < -0.3 is 0 Å². The van der Waals surface area contributed by atoms with Crippen LogP contribution in [-0.4, -0.2) is 88.6 Å². The maximum Gasteiger partial charge on any atom is 3.00 e. The second-order valence-electron chi connectivity index (χ2n) is 39.2. The molecule has 14 aromatic carbocycles. The molecule has 0 radical (unpaired) electrons. The number of aryl methyl sites for hydroxylation is 30. The van der Waals surface area contributed by atoms with E-state index in [9.17, 15) is 0 Å². The number of hydrogen-bond acceptors (Lipinski definition) is 12. The van der Waals surface area contributed by atoms with Crippen LogP contribution >= 0.6 is 0 Å². The van der Waals surface area contributed by atoms with Crippen molar-refractivity contribution < 1.29 is 40.2 Å². The van der Waals surface area contributed by atoms with Gasteiger partial charge in [0.2, 0.25) is 0 Å². The third-order valence-electron chi connectivity index (χ3n) is 27.4. The molecule has 6 aromatic heterocycles. The first-order valence-electron chi connectivity index (χ1n) is 50.5. The number of hydrogen-bond donors (Lipinski definition) is 0. The van der Waals surface area contributed by atoms with Crippen LogP contribution in [0.3, 0.4) is 0 Å². The zero-order valence-electron chi connectivity index (χ0n) is 87.2. The van der Waals surface area contributed by atoms with Crippen LogP contribution in [-0.2, 0) is 117 Å². The van der Waals surface area contributed by atoms with Crippen LogP contribution in [0, 0.1) is 161 Å². The zero-order chi connectivity index (χ0) is 101. The molecule has 0 atom stereocenters. The molecule has 0 fully saturated rings. The average molecular weight is 2280 g/mol. The molecule has 147 heavy (non-hydrogen) atoms. The van der Waals surface area contributed by atoms with E-state index in [4.69, 9.17) is 60.5 Å². The zero-order valence-corrected chi connectivity index (χ0v) is 91.9. The Morgan fingerprint density at radius 1 is 0.197 bits per heavy atom. The van der Waals surface area contributed by atoms with Gasteiger partial charge in [0, 0.05) is 19.3 Å². The van der Waals surface area contributed by atoms with E-state index in [0.29, 0.717) is 12.8 Å². The van der Waals surface area contributed by atoms with Gasteiger partial charge in [-0.05, 0) is 270 Å². The molecular weight excluding hydrogens is 2160 g/mol. The summed E-state index contributed by atoms with van der Waals surface area (Å²) in [6, 6.07) is 111. The predicted molar refractivity (Wildman–Crippen MR) is 581 cm³/mol. The van der Waals surface area contributed by atoms with Gasteiger partial charge in [0.25, 0.3) is 0 Å². The SMILES string of the molecule is Cc1cc(C)c(-n2nc(C)nc2-c2[c-]cc(CCc3cc(CCc4c[c-]c(-c5nc(C)nn5-c5c(C)cc(C)cc5C)cc4)cc(CCc4c[c-]c(-c5nc(C)nn5-c5c(C)cc(C)cc5C)cc4)c3)cc2)c(C)c1.Cc1cccc(C)c1-n1nc(CCCc2ccc(CCc3nc(-c4[c-]cccc4)n(-c4c(C)cccc4C)n3)cc2CCc2nc(-c3[c-]cccc3)n(-c3c(C)cccc3C)n2)nc1-c1[c-]cccc1.[Ir+3].[Ir+3]. The number of rotatable bonds is 31.